The molecule has 1 aromatic carbocycles. The second-order valence-corrected chi connectivity index (χ2v) is 15.9. The van der Waals surface area contributed by atoms with Crippen molar-refractivity contribution in [3.8, 4) is 0 Å². The maximum absolute atomic E-state index is 14.6. The molecule has 1 aliphatic heterocycles. The Hall–Kier alpha value is -3.40. The second-order valence-electron chi connectivity index (χ2n) is 15.9. The van der Waals surface area contributed by atoms with Gasteiger partial charge < -0.3 is 49.8 Å². The fourth-order valence-corrected chi connectivity index (χ4v) is 9.03. The number of Topliss-reactive ketones (excluding diaryl/α,β-unsaturated/α-hetero) is 1. The van der Waals surface area contributed by atoms with Crippen molar-refractivity contribution in [2.75, 3.05) is 6.61 Å². The van der Waals surface area contributed by atoms with Crippen LogP contribution >= 0.6 is 0 Å². The van der Waals surface area contributed by atoms with Crippen LogP contribution in [-0.4, -0.2) is 116 Å². The van der Waals surface area contributed by atoms with Crippen molar-refractivity contribution >= 4 is 23.8 Å². The van der Waals surface area contributed by atoms with Gasteiger partial charge in [0.2, 0.25) is 0 Å². The van der Waals surface area contributed by atoms with Crippen molar-refractivity contribution in [3.63, 3.8) is 0 Å². The molecule has 14 nitrogen and oxygen atoms in total. The van der Waals surface area contributed by atoms with Gasteiger partial charge in [-0.05, 0) is 69.7 Å². The van der Waals surface area contributed by atoms with Crippen LogP contribution < -0.4 is 5.32 Å². The Morgan fingerprint density at radius 2 is 1.67 bits per heavy atom. The summed E-state index contributed by atoms with van der Waals surface area (Å²) < 4.78 is 22.8. The Bertz CT molecular complexity index is 1610. The summed E-state index contributed by atoms with van der Waals surface area (Å²) in [7, 11) is 0. The maximum atomic E-state index is 14.6. The van der Waals surface area contributed by atoms with Gasteiger partial charge in [-0.15, -0.1) is 0 Å². The number of rotatable bonds is 8. The van der Waals surface area contributed by atoms with Crippen molar-refractivity contribution in [3.05, 3.63) is 47.0 Å². The summed E-state index contributed by atoms with van der Waals surface area (Å²) in [6, 6.07) is 6.88. The molecule has 9 unspecified atom stereocenters. The normalized spacial score (nSPS) is 38.2. The van der Waals surface area contributed by atoms with Gasteiger partial charge in [-0.1, -0.05) is 32.0 Å². The second kappa shape index (κ2) is 12.9. The summed E-state index contributed by atoms with van der Waals surface area (Å²) in [4.78, 5) is 54.5. The molecule has 51 heavy (non-hydrogen) atoms. The van der Waals surface area contributed by atoms with E-state index in [0.717, 1.165) is 0 Å². The van der Waals surface area contributed by atoms with Gasteiger partial charge in [-0.3, -0.25) is 4.79 Å². The number of ketones is 1. The molecule has 1 heterocycles. The van der Waals surface area contributed by atoms with E-state index in [1.54, 1.807) is 45.9 Å². The first-order valence-electron chi connectivity index (χ1n) is 17.6. The molecule has 4 aliphatic carbocycles. The largest absolute Gasteiger partial charge is 0.456 e. The quantitative estimate of drug-likeness (QED) is 0.127. The van der Waals surface area contributed by atoms with Gasteiger partial charge in [0.25, 0.3) is 0 Å². The molecule has 6 N–H and O–H groups in total. The Kier molecular flexibility index (Phi) is 9.46. The standard InChI is InChI=1S/C37H49NO13/c1-17(2)49-33(45)38-25(19-12-13-19)27(41)32(44)50-21-15-37(47)30(51-31(43)20-10-8-7-9-11-20)28-35(6,22(39)14-23-36(28,46)16-48-23)29(42)26(40)24(18(21)3)34(37,4)5/h7-11,17,19,21-23,25-28,30,39-41,46-47H,12-16H2,1-6H3,(H,38,45)/t21?,22?,23?,25?,26?,27?,28?,30?,35-,36+,37?/m1/s1. The number of hydrogen-bond acceptors (Lipinski definition) is 13. The van der Waals surface area contributed by atoms with Gasteiger partial charge in [0.15, 0.2) is 11.9 Å². The summed E-state index contributed by atoms with van der Waals surface area (Å²) in [5.74, 6) is -4.62. The highest BCUT2D eigenvalue weighted by atomic mass is 16.6. The Morgan fingerprint density at radius 1 is 1.02 bits per heavy atom. The lowest BCUT2D eigenvalue weighted by molar-refractivity contribution is -0.343. The summed E-state index contributed by atoms with van der Waals surface area (Å²) >= 11 is 0. The number of aliphatic hydroxyl groups is 5. The predicted octanol–water partition coefficient (Wildman–Crippen LogP) is 1.34. The number of fused-ring (bicyclic) bond motifs is 5. The van der Waals surface area contributed by atoms with Crippen LogP contribution in [0.15, 0.2) is 41.5 Å². The maximum Gasteiger partial charge on any atom is 0.407 e. The lowest BCUT2D eigenvalue weighted by Gasteiger charge is -2.66. The van der Waals surface area contributed by atoms with Crippen LogP contribution in [0.2, 0.25) is 0 Å². The minimum absolute atomic E-state index is 0.0162. The van der Waals surface area contributed by atoms with Crippen molar-refractivity contribution in [2.45, 2.75) is 127 Å². The summed E-state index contributed by atoms with van der Waals surface area (Å²) in [6.07, 6.45) is -9.93. The van der Waals surface area contributed by atoms with E-state index in [1.807, 2.05) is 0 Å². The Morgan fingerprint density at radius 3 is 2.24 bits per heavy atom. The first-order chi connectivity index (χ1) is 23.8. The zero-order valence-electron chi connectivity index (χ0n) is 29.7. The first-order valence-corrected chi connectivity index (χ1v) is 17.6. The molecule has 5 aliphatic rings. The topological polar surface area (TPSA) is 218 Å². The molecule has 1 amide bonds. The molecule has 14 heteroatoms. The molecule has 4 fully saturated rings. The average Bonchev–Trinajstić information content (AvgIpc) is 3.91. The van der Waals surface area contributed by atoms with Gasteiger partial charge in [-0.25, -0.2) is 14.4 Å². The monoisotopic (exact) mass is 715 g/mol. The summed E-state index contributed by atoms with van der Waals surface area (Å²) in [6.45, 7) is 9.05. The lowest BCUT2D eigenvalue weighted by Crippen LogP contribution is -2.81. The van der Waals surface area contributed by atoms with Crippen LogP contribution in [-0.2, 0) is 28.5 Å². The fourth-order valence-electron chi connectivity index (χ4n) is 9.03. The van der Waals surface area contributed by atoms with E-state index >= 15 is 0 Å². The first kappa shape index (κ1) is 37.4. The lowest BCUT2D eigenvalue weighted by atomic mass is 9.44. The van der Waals surface area contributed by atoms with Gasteiger partial charge in [0.1, 0.15) is 29.5 Å². The highest BCUT2D eigenvalue weighted by Gasteiger charge is 2.76. The zero-order chi connectivity index (χ0) is 37.4. The molecule has 1 aromatic rings. The van der Waals surface area contributed by atoms with Crippen LogP contribution in [0.4, 0.5) is 4.79 Å². The van der Waals surface area contributed by atoms with Gasteiger partial charge in [-0.2, -0.15) is 0 Å². The van der Waals surface area contributed by atoms with Crippen LogP contribution in [0.1, 0.15) is 77.6 Å². The number of carbonyl (C=O) groups is 4. The van der Waals surface area contributed by atoms with Crippen molar-refractivity contribution < 1.29 is 63.7 Å². The molecule has 6 rings (SSSR count). The summed E-state index contributed by atoms with van der Waals surface area (Å²) in [5, 5.41) is 62.6. The highest BCUT2D eigenvalue weighted by molar-refractivity contribution is 5.94. The van der Waals surface area contributed by atoms with E-state index in [4.69, 9.17) is 18.9 Å². The number of esters is 2. The number of nitrogens with one attached hydrogen (secondary N) is 1. The van der Waals surface area contributed by atoms with Gasteiger partial charge in [0, 0.05) is 24.2 Å². The Balaban J connectivity index is 1.44. The van der Waals surface area contributed by atoms with Crippen molar-refractivity contribution in [1.29, 1.82) is 0 Å². The number of benzene rings is 1. The van der Waals surface area contributed by atoms with E-state index in [0.29, 0.717) is 12.8 Å². The molecule has 2 bridgehead atoms. The number of hydrogen-bond donors (Lipinski definition) is 6. The molecule has 11 atom stereocenters. The highest BCUT2D eigenvalue weighted by Crippen LogP contribution is 2.63. The predicted molar refractivity (Wildman–Crippen MR) is 177 cm³/mol. The van der Waals surface area contributed by atoms with E-state index in [2.05, 4.69) is 5.32 Å². The third-order valence-corrected chi connectivity index (χ3v) is 12.2. The van der Waals surface area contributed by atoms with E-state index < -0.39 is 107 Å². The molecule has 280 valence electrons. The van der Waals surface area contributed by atoms with Crippen LogP contribution in [0.25, 0.3) is 0 Å². The van der Waals surface area contributed by atoms with E-state index in [-0.39, 0.29) is 35.7 Å². The smallest absolute Gasteiger partial charge is 0.407 e. The molecule has 0 aromatic heterocycles. The zero-order valence-corrected chi connectivity index (χ0v) is 29.7. The van der Waals surface area contributed by atoms with E-state index in [1.165, 1.54) is 26.0 Å². The van der Waals surface area contributed by atoms with Crippen molar-refractivity contribution in [1.82, 2.24) is 5.32 Å². The van der Waals surface area contributed by atoms with E-state index in [9.17, 15) is 44.7 Å². The molecule has 3 saturated carbocycles. The average molecular weight is 716 g/mol. The summed E-state index contributed by atoms with van der Waals surface area (Å²) in [5.41, 5.74) is -7.34. The number of alkyl carbamates (subject to hydrolysis) is 1. The SMILES string of the molecule is CC1=C2C(O)C(=O)[C@]3(C)C(O)CC4OC[C@@]4(O)C3C(OC(=O)c3ccccc3)C(O)(CC1OC(=O)C(O)C(NC(=O)OC(C)C)C1CC1)C2(C)C. The van der Waals surface area contributed by atoms with Crippen molar-refractivity contribution in [2.24, 2.45) is 22.7 Å². The number of carbonyl (C=O) groups excluding carboxylic acids is 4. The Labute approximate surface area is 296 Å². The number of ether oxygens (including phenoxy) is 4. The molecule has 0 radical (unpaired) electrons. The van der Waals surface area contributed by atoms with Gasteiger partial charge in [0.05, 0.1) is 41.9 Å². The van der Waals surface area contributed by atoms with Crippen LogP contribution in [0.5, 0.6) is 0 Å². The third-order valence-electron chi connectivity index (χ3n) is 12.2. The molecular weight excluding hydrogens is 666 g/mol. The minimum atomic E-state index is -2.27. The minimum Gasteiger partial charge on any atom is -0.456 e. The molecule has 0 spiro atoms. The number of aliphatic hydroxyl groups excluding tert-OH is 3. The molecular formula is C37H49NO13. The third kappa shape index (κ3) is 5.88. The van der Waals surface area contributed by atoms with Crippen LogP contribution in [0, 0.1) is 22.7 Å². The molecule has 1 saturated heterocycles. The van der Waals surface area contributed by atoms with Crippen LogP contribution in [0.3, 0.4) is 0 Å². The van der Waals surface area contributed by atoms with Gasteiger partial charge >= 0.3 is 18.0 Å². The fraction of sp³-hybridized carbons (Fsp3) is 0.676. The number of amides is 1.